The van der Waals surface area contributed by atoms with Crippen LogP contribution in [0.5, 0.6) is 0 Å². The van der Waals surface area contributed by atoms with Crippen molar-refractivity contribution >= 4 is 0 Å². The van der Waals surface area contributed by atoms with Gasteiger partial charge < -0.3 is 0 Å². The molecule has 0 fully saturated rings. The second-order valence-corrected chi connectivity index (χ2v) is 3.23. The summed E-state index contributed by atoms with van der Waals surface area (Å²) in [5.41, 5.74) is 0.358. The van der Waals surface area contributed by atoms with Crippen molar-refractivity contribution in [3.05, 3.63) is 48.0 Å². The minimum absolute atomic E-state index is 0.115. The first kappa shape index (κ1) is 10.8. The maximum Gasteiger partial charge on any atom is 0.399 e. The van der Waals surface area contributed by atoms with Crippen LogP contribution in [-0.4, -0.2) is 6.18 Å². The topological polar surface area (TPSA) is 0 Å². The normalized spacial score (nSPS) is 13.7. The minimum atomic E-state index is -4.26. The Labute approximate surface area is 81.1 Å². The molecule has 76 valence electrons. The summed E-state index contributed by atoms with van der Waals surface area (Å²) in [4.78, 5) is 0. The number of benzene rings is 1. The van der Waals surface area contributed by atoms with Crippen LogP contribution in [0.15, 0.2) is 42.5 Å². The van der Waals surface area contributed by atoms with Crippen LogP contribution < -0.4 is 0 Å². The van der Waals surface area contributed by atoms with Crippen LogP contribution in [0.4, 0.5) is 13.2 Å². The maximum absolute atomic E-state index is 12.6. The molecule has 0 aromatic heterocycles. The summed E-state index contributed by atoms with van der Waals surface area (Å²) in [6.45, 7) is 4.77. The Hall–Kier alpha value is -1.25. The smallest absolute Gasteiger partial charge is 0.170 e. The summed E-state index contributed by atoms with van der Waals surface area (Å²) in [5.74, 6) is -1.55. The Morgan fingerprint density at radius 1 is 1.21 bits per heavy atom. The number of rotatable bonds is 2. The van der Waals surface area contributed by atoms with E-state index in [9.17, 15) is 13.2 Å². The standard InChI is InChI=1S/C11H11F3/c1-8(2)10(11(12,13)14)9-6-4-3-5-7-9/h3-7,10H,1H2,2H3/t10-/m1/s1. The summed E-state index contributed by atoms with van der Waals surface area (Å²) in [5, 5.41) is 0. The van der Waals surface area contributed by atoms with Gasteiger partial charge in [-0.15, -0.1) is 0 Å². The Balaban J connectivity index is 3.08. The molecular weight excluding hydrogens is 189 g/mol. The first-order chi connectivity index (χ1) is 6.43. The van der Waals surface area contributed by atoms with E-state index in [1.807, 2.05) is 0 Å². The van der Waals surface area contributed by atoms with E-state index in [1.165, 1.54) is 19.1 Å². The van der Waals surface area contributed by atoms with Crippen molar-refractivity contribution < 1.29 is 13.2 Å². The van der Waals surface area contributed by atoms with Gasteiger partial charge in [0.1, 0.15) is 5.92 Å². The molecule has 1 aromatic carbocycles. The molecule has 0 amide bonds. The van der Waals surface area contributed by atoms with Crippen LogP contribution in [0.3, 0.4) is 0 Å². The lowest BCUT2D eigenvalue weighted by Crippen LogP contribution is -2.21. The van der Waals surface area contributed by atoms with E-state index in [1.54, 1.807) is 18.2 Å². The Bertz CT molecular complexity index is 311. The lowest BCUT2D eigenvalue weighted by Gasteiger charge is -2.20. The second kappa shape index (κ2) is 3.86. The molecule has 0 aliphatic heterocycles. The predicted octanol–water partition coefficient (Wildman–Crippen LogP) is 3.91. The van der Waals surface area contributed by atoms with Gasteiger partial charge in [0.25, 0.3) is 0 Å². The molecule has 0 nitrogen and oxygen atoms in total. The first-order valence-corrected chi connectivity index (χ1v) is 4.20. The lowest BCUT2D eigenvalue weighted by atomic mass is 9.92. The van der Waals surface area contributed by atoms with Gasteiger partial charge in [-0.05, 0) is 12.5 Å². The highest BCUT2D eigenvalue weighted by Gasteiger charge is 2.40. The largest absolute Gasteiger partial charge is 0.399 e. The van der Waals surface area contributed by atoms with Gasteiger partial charge >= 0.3 is 6.18 Å². The predicted molar refractivity (Wildman–Crippen MR) is 50.1 cm³/mol. The average molecular weight is 200 g/mol. The summed E-state index contributed by atoms with van der Waals surface area (Å²) in [6.07, 6.45) is -4.26. The molecule has 1 aromatic rings. The molecule has 0 spiro atoms. The van der Waals surface area contributed by atoms with Crippen molar-refractivity contribution in [2.45, 2.75) is 19.0 Å². The summed E-state index contributed by atoms with van der Waals surface area (Å²) in [6, 6.07) is 7.81. The van der Waals surface area contributed by atoms with Gasteiger partial charge in [0.2, 0.25) is 0 Å². The molecule has 0 unspecified atom stereocenters. The van der Waals surface area contributed by atoms with Crippen molar-refractivity contribution in [2.75, 3.05) is 0 Å². The molecule has 1 atom stereocenters. The maximum atomic E-state index is 12.6. The van der Waals surface area contributed by atoms with Crippen LogP contribution >= 0.6 is 0 Å². The summed E-state index contributed by atoms with van der Waals surface area (Å²) in [7, 11) is 0. The molecule has 1 rings (SSSR count). The van der Waals surface area contributed by atoms with E-state index in [0.29, 0.717) is 0 Å². The Morgan fingerprint density at radius 3 is 2.07 bits per heavy atom. The van der Waals surface area contributed by atoms with Gasteiger partial charge in [-0.1, -0.05) is 42.5 Å². The van der Waals surface area contributed by atoms with Gasteiger partial charge in [0, 0.05) is 0 Å². The zero-order chi connectivity index (χ0) is 10.8. The SMILES string of the molecule is C=C(C)[C@H](c1ccccc1)C(F)(F)F. The van der Waals surface area contributed by atoms with Crippen LogP contribution in [0.1, 0.15) is 18.4 Å². The van der Waals surface area contributed by atoms with Gasteiger partial charge in [-0.2, -0.15) is 13.2 Å². The second-order valence-electron chi connectivity index (χ2n) is 3.23. The molecule has 0 bridgehead atoms. The highest BCUT2D eigenvalue weighted by atomic mass is 19.4. The zero-order valence-electron chi connectivity index (χ0n) is 7.81. The number of hydrogen-bond donors (Lipinski definition) is 0. The number of hydrogen-bond acceptors (Lipinski definition) is 0. The molecule has 0 saturated carbocycles. The molecule has 0 aliphatic rings. The minimum Gasteiger partial charge on any atom is -0.170 e. The van der Waals surface area contributed by atoms with Crippen molar-refractivity contribution in [3.8, 4) is 0 Å². The molecule has 0 N–H and O–H groups in total. The van der Waals surface area contributed by atoms with E-state index in [-0.39, 0.29) is 11.1 Å². The molecule has 0 heterocycles. The number of alkyl halides is 3. The van der Waals surface area contributed by atoms with Gasteiger partial charge in [0.05, 0.1) is 0 Å². The summed E-state index contributed by atoms with van der Waals surface area (Å²) >= 11 is 0. The highest BCUT2D eigenvalue weighted by molar-refractivity contribution is 5.28. The molecule has 0 radical (unpaired) electrons. The van der Waals surface area contributed by atoms with E-state index in [4.69, 9.17) is 0 Å². The molecule has 0 aliphatic carbocycles. The Kier molecular flexibility index (Phi) is 2.99. The lowest BCUT2D eigenvalue weighted by molar-refractivity contribution is -0.141. The van der Waals surface area contributed by atoms with Crippen molar-refractivity contribution in [1.82, 2.24) is 0 Å². The van der Waals surface area contributed by atoms with Crippen molar-refractivity contribution in [1.29, 1.82) is 0 Å². The highest BCUT2D eigenvalue weighted by Crippen LogP contribution is 2.39. The van der Waals surface area contributed by atoms with Crippen LogP contribution in [-0.2, 0) is 0 Å². The quantitative estimate of drug-likeness (QED) is 0.635. The van der Waals surface area contributed by atoms with E-state index in [0.717, 1.165) is 0 Å². The van der Waals surface area contributed by atoms with Gasteiger partial charge in [0.15, 0.2) is 0 Å². The van der Waals surface area contributed by atoms with Crippen LogP contribution in [0, 0.1) is 0 Å². The molecule has 3 heteroatoms. The number of allylic oxidation sites excluding steroid dienone is 1. The van der Waals surface area contributed by atoms with E-state index in [2.05, 4.69) is 6.58 Å². The van der Waals surface area contributed by atoms with Crippen LogP contribution in [0.2, 0.25) is 0 Å². The van der Waals surface area contributed by atoms with Crippen molar-refractivity contribution in [3.63, 3.8) is 0 Å². The third-order valence-corrected chi connectivity index (χ3v) is 1.95. The average Bonchev–Trinajstić information content (AvgIpc) is 2.02. The molecular formula is C11H11F3. The van der Waals surface area contributed by atoms with E-state index < -0.39 is 12.1 Å². The van der Waals surface area contributed by atoms with Gasteiger partial charge in [-0.3, -0.25) is 0 Å². The fourth-order valence-electron chi connectivity index (χ4n) is 1.40. The zero-order valence-corrected chi connectivity index (χ0v) is 7.81. The third kappa shape index (κ3) is 2.37. The van der Waals surface area contributed by atoms with Crippen LogP contribution in [0.25, 0.3) is 0 Å². The third-order valence-electron chi connectivity index (χ3n) is 1.95. The Morgan fingerprint density at radius 2 is 1.71 bits per heavy atom. The molecule has 14 heavy (non-hydrogen) atoms. The van der Waals surface area contributed by atoms with Gasteiger partial charge in [-0.25, -0.2) is 0 Å². The fourth-order valence-corrected chi connectivity index (χ4v) is 1.40. The monoisotopic (exact) mass is 200 g/mol. The van der Waals surface area contributed by atoms with Crippen molar-refractivity contribution in [2.24, 2.45) is 0 Å². The fraction of sp³-hybridized carbons (Fsp3) is 0.273. The first-order valence-electron chi connectivity index (χ1n) is 4.20. The number of halogens is 3. The summed E-state index contributed by atoms with van der Waals surface area (Å²) < 4.78 is 37.8. The molecule has 0 saturated heterocycles. The van der Waals surface area contributed by atoms with E-state index >= 15 is 0 Å².